The molecular weight excluding hydrogens is 300 g/mol. The number of anilines is 1. The zero-order chi connectivity index (χ0) is 17.1. The van der Waals surface area contributed by atoms with E-state index in [1.165, 1.54) is 5.56 Å². The first kappa shape index (κ1) is 16.2. The first-order valence-corrected chi connectivity index (χ1v) is 8.24. The smallest absolute Gasteiger partial charge is 0.228 e. The van der Waals surface area contributed by atoms with Gasteiger partial charge in [-0.2, -0.15) is 0 Å². The van der Waals surface area contributed by atoms with Crippen LogP contribution in [0.1, 0.15) is 23.1 Å². The zero-order valence-electron chi connectivity index (χ0n) is 14.0. The summed E-state index contributed by atoms with van der Waals surface area (Å²) in [4.78, 5) is 24.4. The Balaban J connectivity index is 1.49. The Hall–Kier alpha value is -2.62. The van der Waals surface area contributed by atoms with Gasteiger partial charge in [-0.3, -0.25) is 9.59 Å². The lowest BCUT2D eigenvalue weighted by molar-refractivity contribution is -0.125. The van der Waals surface area contributed by atoms with Gasteiger partial charge in [0.2, 0.25) is 11.8 Å². The van der Waals surface area contributed by atoms with Gasteiger partial charge in [0.1, 0.15) is 0 Å². The summed E-state index contributed by atoms with van der Waals surface area (Å²) in [6.07, 6.45) is 0.622. The normalized spacial score (nSPS) is 18.8. The maximum atomic E-state index is 12.2. The highest BCUT2D eigenvalue weighted by Crippen LogP contribution is 2.39. The van der Waals surface area contributed by atoms with Crippen molar-refractivity contribution < 1.29 is 9.59 Å². The minimum absolute atomic E-state index is 0.0408. The SMILES string of the molecule is Cc1cccc(CNC(=O)C2CC2C(=O)Nc2cccc(C)c2)c1. The van der Waals surface area contributed by atoms with Gasteiger partial charge in [0.25, 0.3) is 0 Å². The molecule has 1 saturated carbocycles. The van der Waals surface area contributed by atoms with Gasteiger partial charge in [0, 0.05) is 12.2 Å². The Morgan fingerprint density at radius 3 is 2.33 bits per heavy atom. The second-order valence-corrected chi connectivity index (χ2v) is 6.51. The molecule has 2 aromatic rings. The fourth-order valence-corrected chi connectivity index (χ4v) is 2.87. The Bertz CT molecular complexity index is 770. The van der Waals surface area contributed by atoms with Crippen LogP contribution in [0.15, 0.2) is 48.5 Å². The first-order valence-electron chi connectivity index (χ1n) is 8.24. The van der Waals surface area contributed by atoms with Crippen molar-refractivity contribution in [2.45, 2.75) is 26.8 Å². The Labute approximate surface area is 142 Å². The number of benzene rings is 2. The minimum atomic E-state index is -0.219. The third-order valence-corrected chi connectivity index (χ3v) is 4.30. The quantitative estimate of drug-likeness (QED) is 0.888. The summed E-state index contributed by atoms with van der Waals surface area (Å²) in [7, 11) is 0. The molecule has 3 rings (SSSR count). The van der Waals surface area contributed by atoms with Crippen molar-refractivity contribution in [1.29, 1.82) is 0 Å². The number of carbonyl (C=O) groups excluding carboxylic acids is 2. The molecule has 0 saturated heterocycles. The summed E-state index contributed by atoms with van der Waals surface area (Å²) >= 11 is 0. The van der Waals surface area contributed by atoms with Gasteiger partial charge in [0.15, 0.2) is 0 Å². The van der Waals surface area contributed by atoms with Crippen molar-refractivity contribution in [2.24, 2.45) is 11.8 Å². The standard InChI is InChI=1S/C20H22N2O2/c1-13-5-3-7-15(9-13)12-21-19(23)17-11-18(17)20(24)22-16-8-4-6-14(2)10-16/h3-10,17-18H,11-12H2,1-2H3,(H,21,23)(H,22,24). The molecule has 1 fully saturated rings. The Morgan fingerprint density at radius 2 is 1.62 bits per heavy atom. The molecule has 24 heavy (non-hydrogen) atoms. The average Bonchev–Trinajstić information content (AvgIpc) is 3.33. The van der Waals surface area contributed by atoms with Crippen molar-refractivity contribution in [3.63, 3.8) is 0 Å². The summed E-state index contributed by atoms with van der Waals surface area (Å²) in [5.74, 6) is -0.542. The van der Waals surface area contributed by atoms with Crippen molar-refractivity contribution >= 4 is 17.5 Å². The number of aryl methyl sites for hydroxylation is 2. The van der Waals surface area contributed by atoms with E-state index in [0.29, 0.717) is 13.0 Å². The average molecular weight is 322 g/mol. The lowest BCUT2D eigenvalue weighted by Gasteiger charge is -2.07. The van der Waals surface area contributed by atoms with Crippen LogP contribution in [-0.4, -0.2) is 11.8 Å². The molecule has 4 nitrogen and oxygen atoms in total. The van der Waals surface area contributed by atoms with Crippen LogP contribution in [-0.2, 0) is 16.1 Å². The number of carbonyl (C=O) groups is 2. The summed E-state index contributed by atoms with van der Waals surface area (Å²) in [5.41, 5.74) is 4.12. The van der Waals surface area contributed by atoms with E-state index in [0.717, 1.165) is 16.8 Å². The molecule has 2 amide bonds. The third-order valence-electron chi connectivity index (χ3n) is 4.30. The van der Waals surface area contributed by atoms with Crippen LogP contribution in [0.3, 0.4) is 0 Å². The number of nitrogens with one attached hydrogen (secondary N) is 2. The molecule has 0 radical (unpaired) electrons. The molecule has 2 unspecified atom stereocenters. The van der Waals surface area contributed by atoms with Crippen molar-refractivity contribution in [3.05, 3.63) is 65.2 Å². The van der Waals surface area contributed by atoms with Crippen LogP contribution in [0.5, 0.6) is 0 Å². The van der Waals surface area contributed by atoms with E-state index < -0.39 is 0 Å². The van der Waals surface area contributed by atoms with E-state index in [1.54, 1.807) is 0 Å². The van der Waals surface area contributed by atoms with Gasteiger partial charge >= 0.3 is 0 Å². The van der Waals surface area contributed by atoms with Crippen LogP contribution >= 0.6 is 0 Å². The molecule has 0 aliphatic heterocycles. The van der Waals surface area contributed by atoms with Gasteiger partial charge in [-0.15, -0.1) is 0 Å². The summed E-state index contributed by atoms with van der Waals surface area (Å²) < 4.78 is 0. The van der Waals surface area contributed by atoms with E-state index in [4.69, 9.17) is 0 Å². The third kappa shape index (κ3) is 4.02. The predicted molar refractivity (Wildman–Crippen MR) is 94.4 cm³/mol. The molecule has 1 aliphatic carbocycles. The van der Waals surface area contributed by atoms with Crippen LogP contribution < -0.4 is 10.6 Å². The molecule has 0 aromatic heterocycles. The van der Waals surface area contributed by atoms with Crippen LogP contribution in [0.4, 0.5) is 5.69 Å². The first-order chi connectivity index (χ1) is 11.5. The fourth-order valence-electron chi connectivity index (χ4n) is 2.87. The zero-order valence-corrected chi connectivity index (χ0v) is 14.0. The van der Waals surface area contributed by atoms with Gasteiger partial charge in [0.05, 0.1) is 11.8 Å². The number of hydrogen-bond donors (Lipinski definition) is 2. The largest absolute Gasteiger partial charge is 0.352 e. The number of rotatable bonds is 5. The Kier molecular flexibility index (Phi) is 4.65. The van der Waals surface area contributed by atoms with Crippen molar-refractivity contribution in [3.8, 4) is 0 Å². The highest BCUT2D eigenvalue weighted by atomic mass is 16.2. The number of hydrogen-bond acceptors (Lipinski definition) is 2. The molecule has 4 heteroatoms. The van der Waals surface area contributed by atoms with E-state index >= 15 is 0 Å². The van der Waals surface area contributed by atoms with Gasteiger partial charge in [-0.05, 0) is 43.5 Å². The second-order valence-electron chi connectivity index (χ2n) is 6.51. The van der Waals surface area contributed by atoms with Crippen molar-refractivity contribution in [2.75, 3.05) is 5.32 Å². The van der Waals surface area contributed by atoms with E-state index in [1.807, 2.05) is 56.3 Å². The lowest BCUT2D eigenvalue weighted by atomic mass is 10.1. The molecule has 0 bridgehead atoms. The molecule has 0 heterocycles. The van der Waals surface area contributed by atoms with E-state index in [9.17, 15) is 9.59 Å². The van der Waals surface area contributed by atoms with Gasteiger partial charge < -0.3 is 10.6 Å². The highest BCUT2D eigenvalue weighted by Gasteiger charge is 2.47. The van der Waals surface area contributed by atoms with Crippen LogP contribution in [0, 0.1) is 25.7 Å². The monoisotopic (exact) mass is 322 g/mol. The maximum Gasteiger partial charge on any atom is 0.228 e. The maximum absolute atomic E-state index is 12.2. The molecule has 2 N–H and O–H groups in total. The topological polar surface area (TPSA) is 58.2 Å². The molecular formula is C20H22N2O2. The van der Waals surface area contributed by atoms with E-state index in [-0.39, 0.29) is 23.7 Å². The van der Waals surface area contributed by atoms with E-state index in [2.05, 4.69) is 16.7 Å². The molecule has 0 spiro atoms. The number of amides is 2. The summed E-state index contributed by atoms with van der Waals surface area (Å²) in [5, 5.41) is 5.82. The summed E-state index contributed by atoms with van der Waals surface area (Å²) in [6, 6.07) is 15.7. The minimum Gasteiger partial charge on any atom is -0.352 e. The molecule has 2 atom stereocenters. The van der Waals surface area contributed by atoms with Gasteiger partial charge in [-0.25, -0.2) is 0 Å². The lowest BCUT2D eigenvalue weighted by Crippen LogP contribution is -2.27. The predicted octanol–water partition coefficient (Wildman–Crippen LogP) is 3.19. The van der Waals surface area contributed by atoms with Gasteiger partial charge in [-0.1, -0.05) is 42.0 Å². The molecule has 2 aromatic carbocycles. The van der Waals surface area contributed by atoms with Crippen LogP contribution in [0.2, 0.25) is 0 Å². The second kappa shape index (κ2) is 6.87. The fraction of sp³-hybridized carbons (Fsp3) is 0.300. The van der Waals surface area contributed by atoms with Crippen LogP contribution in [0.25, 0.3) is 0 Å². The highest BCUT2D eigenvalue weighted by molar-refractivity contribution is 5.99. The Morgan fingerprint density at radius 1 is 0.958 bits per heavy atom. The molecule has 1 aliphatic rings. The summed E-state index contributed by atoms with van der Waals surface area (Å²) in [6.45, 7) is 4.51. The van der Waals surface area contributed by atoms with Crippen molar-refractivity contribution in [1.82, 2.24) is 5.32 Å². The molecule has 124 valence electrons.